The topological polar surface area (TPSA) is 32.9 Å². The zero-order chi connectivity index (χ0) is 14.1. The molecule has 0 spiro atoms. The van der Waals surface area contributed by atoms with Gasteiger partial charge in [0.15, 0.2) is 0 Å². The molecule has 1 N–H and O–H groups in total. The van der Waals surface area contributed by atoms with Crippen molar-refractivity contribution in [3.05, 3.63) is 75.5 Å². The molecule has 1 aromatic heterocycles. The molecule has 0 radical (unpaired) electrons. The molecule has 0 amide bonds. The number of halogens is 1. The van der Waals surface area contributed by atoms with Gasteiger partial charge >= 0.3 is 0 Å². The van der Waals surface area contributed by atoms with Crippen LogP contribution in [-0.4, -0.2) is 4.98 Å². The summed E-state index contributed by atoms with van der Waals surface area (Å²) in [5, 5.41) is 1.00. The van der Waals surface area contributed by atoms with Gasteiger partial charge in [-0.2, -0.15) is 0 Å². The van der Waals surface area contributed by atoms with Gasteiger partial charge in [0.2, 0.25) is 0 Å². The first-order valence-electron chi connectivity index (χ1n) is 6.24. The summed E-state index contributed by atoms with van der Waals surface area (Å²) in [6.45, 7) is 3.78. The van der Waals surface area contributed by atoms with Crippen LogP contribution in [0.2, 0.25) is 0 Å². The molecule has 2 nitrogen and oxygen atoms in total. The molecule has 0 saturated carbocycles. The second-order valence-electron chi connectivity index (χ2n) is 4.50. The number of hydrogen-bond donors (Lipinski definition) is 1. The molecule has 1 heterocycles. The maximum Gasteiger partial charge on any atom is 0.256 e. The summed E-state index contributed by atoms with van der Waals surface area (Å²) in [5.74, 6) is 0. The predicted molar refractivity (Wildman–Crippen MR) is 87.8 cm³/mol. The van der Waals surface area contributed by atoms with E-state index >= 15 is 0 Å². The SMILES string of the molecule is C=Cc1c(-c2ccccc2)c2cc(Br)ccc2[nH]c1=O. The van der Waals surface area contributed by atoms with Crippen molar-refractivity contribution in [2.75, 3.05) is 0 Å². The summed E-state index contributed by atoms with van der Waals surface area (Å²) < 4.78 is 0.976. The van der Waals surface area contributed by atoms with Crippen LogP contribution in [0.5, 0.6) is 0 Å². The van der Waals surface area contributed by atoms with Crippen LogP contribution in [0, 0.1) is 0 Å². The van der Waals surface area contributed by atoms with Gasteiger partial charge in [0.1, 0.15) is 0 Å². The fraction of sp³-hybridized carbons (Fsp3) is 0. The molecule has 0 unspecified atom stereocenters. The summed E-state index contributed by atoms with van der Waals surface area (Å²) in [6.07, 6.45) is 1.61. The summed E-state index contributed by atoms with van der Waals surface area (Å²) in [6, 6.07) is 15.7. The van der Waals surface area contributed by atoms with E-state index < -0.39 is 0 Å². The molecule has 0 aliphatic carbocycles. The van der Waals surface area contributed by atoms with Gasteiger partial charge in [-0.05, 0) is 23.8 Å². The van der Waals surface area contributed by atoms with Crippen LogP contribution in [0.1, 0.15) is 5.56 Å². The third kappa shape index (κ3) is 2.10. The quantitative estimate of drug-likeness (QED) is 0.733. The minimum Gasteiger partial charge on any atom is -0.321 e. The van der Waals surface area contributed by atoms with Gasteiger partial charge in [-0.25, -0.2) is 0 Å². The van der Waals surface area contributed by atoms with E-state index in [1.165, 1.54) is 0 Å². The van der Waals surface area contributed by atoms with Gasteiger partial charge in [0.25, 0.3) is 5.56 Å². The third-order valence-electron chi connectivity index (χ3n) is 3.28. The minimum absolute atomic E-state index is 0.117. The van der Waals surface area contributed by atoms with Crippen LogP contribution in [0.15, 0.2) is 64.4 Å². The van der Waals surface area contributed by atoms with E-state index in [2.05, 4.69) is 27.5 Å². The van der Waals surface area contributed by atoms with Crippen molar-refractivity contribution in [1.29, 1.82) is 0 Å². The second kappa shape index (κ2) is 5.10. The van der Waals surface area contributed by atoms with Crippen molar-refractivity contribution in [3.8, 4) is 11.1 Å². The van der Waals surface area contributed by atoms with Crippen LogP contribution in [-0.2, 0) is 0 Å². The van der Waals surface area contributed by atoms with E-state index in [0.29, 0.717) is 5.56 Å². The van der Waals surface area contributed by atoms with Gasteiger partial charge in [-0.3, -0.25) is 4.79 Å². The van der Waals surface area contributed by atoms with Gasteiger partial charge < -0.3 is 4.98 Å². The molecule has 20 heavy (non-hydrogen) atoms. The van der Waals surface area contributed by atoms with Gasteiger partial charge in [0.05, 0.1) is 0 Å². The van der Waals surface area contributed by atoms with E-state index in [9.17, 15) is 4.79 Å². The highest BCUT2D eigenvalue weighted by molar-refractivity contribution is 9.10. The van der Waals surface area contributed by atoms with Crippen molar-refractivity contribution in [3.63, 3.8) is 0 Å². The molecule has 2 aromatic carbocycles. The molecule has 3 heteroatoms. The van der Waals surface area contributed by atoms with Gasteiger partial charge in [-0.15, -0.1) is 0 Å². The maximum atomic E-state index is 12.2. The zero-order valence-electron chi connectivity index (χ0n) is 10.7. The highest BCUT2D eigenvalue weighted by atomic mass is 79.9. The largest absolute Gasteiger partial charge is 0.321 e. The number of nitrogens with one attached hydrogen (secondary N) is 1. The molecule has 0 fully saturated rings. The van der Waals surface area contributed by atoms with Crippen molar-refractivity contribution in [2.45, 2.75) is 0 Å². The smallest absolute Gasteiger partial charge is 0.256 e. The monoisotopic (exact) mass is 325 g/mol. The number of benzene rings is 2. The highest BCUT2D eigenvalue weighted by Gasteiger charge is 2.12. The maximum absolute atomic E-state index is 12.2. The van der Waals surface area contributed by atoms with E-state index in [1.807, 2.05) is 48.5 Å². The molecule has 3 aromatic rings. The second-order valence-corrected chi connectivity index (χ2v) is 5.42. The Hall–Kier alpha value is -2.13. The first kappa shape index (κ1) is 12.9. The van der Waals surface area contributed by atoms with Gasteiger partial charge in [0, 0.05) is 26.5 Å². The van der Waals surface area contributed by atoms with Crippen LogP contribution in [0.4, 0.5) is 0 Å². The van der Waals surface area contributed by atoms with Gasteiger partial charge in [-0.1, -0.05) is 58.9 Å². The van der Waals surface area contributed by atoms with Crippen molar-refractivity contribution >= 4 is 32.9 Å². The third-order valence-corrected chi connectivity index (χ3v) is 3.77. The molecule has 0 aliphatic rings. The molecule has 0 saturated heterocycles. The number of hydrogen-bond acceptors (Lipinski definition) is 1. The number of aromatic nitrogens is 1. The molecule has 0 aliphatic heterocycles. The number of pyridine rings is 1. The minimum atomic E-state index is -0.117. The standard InChI is InChI=1S/C17H12BrNO/c1-2-13-16(11-6-4-3-5-7-11)14-10-12(18)8-9-15(14)19-17(13)20/h2-10H,1H2,(H,19,20). The lowest BCUT2D eigenvalue weighted by Gasteiger charge is -2.11. The van der Waals surface area contributed by atoms with Crippen LogP contribution >= 0.6 is 15.9 Å². The van der Waals surface area contributed by atoms with E-state index in [4.69, 9.17) is 0 Å². The Bertz CT molecular complexity index is 850. The Morgan fingerprint density at radius 3 is 2.55 bits per heavy atom. The Labute approximate surface area is 124 Å². The molecule has 0 bridgehead atoms. The van der Waals surface area contributed by atoms with Crippen LogP contribution in [0.25, 0.3) is 28.1 Å². The summed E-state index contributed by atoms with van der Waals surface area (Å²) in [4.78, 5) is 15.1. The lowest BCUT2D eigenvalue weighted by atomic mass is 9.96. The lowest BCUT2D eigenvalue weighted by molar-refractivity contribution is 1.29. The number of rotatable bonds is 2. The van der Waals surface area contributed by atoms with E-state index in [-0.39, 0.29) is 5.56 Å². The van der Waals surface area contributed by atoms with E-state index in [1.54, 1.807) is 6.08 Å². The Morgan fingerprint density at radius 1 is 1.10 bits per heavy atom. The number of H-pyrrole nitrogens is 1. The summed E-state index contributed by atoms with van der Waals surface area (Å²) in [5.41, 5.74) is 3.23. The van der Waals surface area contributed by atoms with E-state index in [0.717, 1.165) is 26.5 Å². The van der Waals surface area contributed by atoms with Crippen molar-refractivity contribution in [1.82, 2.24) is 4.98 Å². The molecule has 0 atom stereocenters. The molecular formula is C17H12BrNO. The number of fused-ring (bicyclic) bond motifs is 1. The predicted octanol–water partition coefficient (Wildman–Crippen LogP) is 4.60. The first-order chi connectivity index (χ1) is 9.70. The summed E-state index contributed by atoms with van der Waals surface area (Å²) in [7, 11) is 0. The average molecular weight is 326 g/mol. The summed E-state index contributed by atoms with van der Waals surface area (Å²) >= 11 is 3.49. The van der Waals surface area contributed by atoms with Crippen molar-refractivity contribution < 1.29 is 0 Å². The molecule has 98 valence electrons. The molecule has 3 rings (SSSR count). The highest BCUT2D eigenvalue weighted by Crippen LogP contribution is 2.31. The van der Waals surface area contributed by atoms with Crippen LogP contribution < -0.4 is 5.56 Å². The number of aromatic amines is 1. The fourth-order valence-corrected chi connectivity index (χ4v) is 2.75. The zero-order valence-corrected chi connectivity index (χ0v) is 12.3. The van der Waals surface area contributed by atoms with Crippen molar-refractivity contribution in [2.24, 2.45) is 0 Å². The Morgan fingerprint density at radius 2 is 1.85 bits per heavy atom. The lowest BCUT2D eigenvalue weighted by Crippen LogP contribution is -2.11. The Balaban J connectivity index is 2.52. The Kier molecular flexibility index (Phi) is 3.28. The normalized spacial score (nSPS) is 10.7. The van der Waals surface area contributed by atoms with Crippen LogP contribution in [0.3, 0.4) is 0 Å². The first-order valence-corrected chi connectivity index (χ1v) is 7.03. The fourth-order valence-electron chi connectivity index (χ4n) is 2.39. The molecular weight excluding hydrogens is 314 g/mol. The average Bonchev–Trinajstić information content (AvgIpc) is 2.47.